The molecular formula is C31H51N2NaO4. The maximum atomic E-state index is 12.6. The van der Waals surface area contributed by atoms with Crippen molar-refractivity contribution >= 4 is 17.8 Å². The Labute approximate surface area is 253 Å². The summed E-state index contributed by atoms with van der Waals surface area (Å²) in [5.41, 5.74) is 0.665. The first-order valence-corrected chi connectivity index (χ1v) is 14.8. The molecule has 1 aromatic rings. The fourth-order valence-corrected chi connectivity index (χ4v) is 4.50. The van der Waals surface area contributed by atoms with Gasteiger partial charge in [0.2, 0.25) is 5.91 Å². The van der Waals surface area contributed by atoms with E-state index in [2.05, 4.69) is 17.2 Å². The molecule has 1 atom stereocenters. The van der Waals surface area contributed by atoms with Gasteiger partial charge in [-0.25, -0.2) is 0 Å². The van der Waals surface area contributed by atoms with Crippen LogP contribution in [0, 0.1) is 0 Å². The van der Waals surface area contributed by atoms with Crippen molar-refractivity contribution < 1.29 is 49.4 Å². The molecule has 0 bridgehead atoms. The minimum Gasteiger partial charge on any atom is -0.862 e. The summed E-state index contributed by atoms with van der Waals surface area (Å²) in [5, 5.41) is 23.9. The standard InChI is InChI=1S/C31H52N2O4.Na/c1-2-3-4-5-6-7-8-9-10-11-12-13-14-15-16-20-24-28(34)33-30(27-22-18-17-19-23-27)31(37)32-26-21-25-29(35)36;/h17-19,22-23,30H,2-16,20-21,24-26H2,1H3,(H,32,37)(H,33,34)(H,35,36);/q;+1/p-1/t30-;/m0./s1. The second kappa shape index (κ2) is 25.9. The number of nitrogens with zero attached hydrogens (tertiary/aromatic N) is 1. The van der Waals surface area contributed by atoms with Crippen LogP contribution in [0.15, 0.2) is 35.3 Å². The zero-order chi connectivity index (χ0) is 27.0. The Bertz CT molecular complexity index is 743. The van der Waals surface area contributed by atoms with Crippen LogP contribution in [0.3, 0.4) is 0 Å². The Kier molecular flexibility index (Phi) is 25.0. The van der Waals surface area contributed by atoms with Crippen LogP contribution in [0.5, 0.6) is 0 Å². The Hall–Kier alpha value is -1.37. The number of amides is 1. The summed E-state index contributed by atoms with van der Waals surface area (Å²) < 4.78 is 0. The molecule has 38 heavy (non-hydrogen) atoms. The largest absolute Gasteiger partial charge is 1.00 e. The zero-order valence-corrected chi connectivity index (χ0v) is 26.2. The van der Waals surface area contributed by atoms with E-state index < -0.39 is 12.0 Å². The zero-order valence-electron chi connectivity index (χ0n) is 24.2. The van der Waals surface area contributed by atoms with Gasteiger partial charge in [-0.05, 0) is 30.7 Å². The monoisotopic (exact) mass is 538 g/mol. The van der Waals surface area contributed by atoms with Crippen molar-refractivity contribution in [1.29, 1.82) is 0 Å². The van der Waals surface area contributed by atoms with Crippen molar-refractivity contribution in [3.05, 3.63) is 35.9 Å². The van der Waals surface area contributed by atoms with Crippen LogP contribution in [0.2, 0.25) is 0 Å². The van der Waals surface area contributed by atoms with Gasteiger partial charge >= 0.3 is 35.5 Å². The Balaban J connectivity index is 0.0000137. The molecule has 0 aliphatic carbocycles. The third-order valence-electron chi connectivity index (χ3n) is 6.75. The van der Waals surface area contributed by atoms with Crippen LogP contribution < -0.4 is 40.0 Å². The number of rotatable bonds is 24. The Morgan fingerprint density at radius 2 is 1.24 bits per heavy atom. The van der Waals surface area contributed by atoms with Gasteiger partial charge in [-0.1, -0.05) is 134 Å². The fourth-order valence-electron chi connectivity index (χ4n) is 4.50. The van der Waals surface area contributed by atoms with E-state index in [9.17, 15) is 14.7 Å². The van der Waals surface area contributed by atoms with E-state index in [-0.39, 0.29) is 54.3 Å². The fraction of sp³-hybridized carbons (Fsp3) is 0.710. The maximum Gasteiger partial charge on any atom is 1.00 e. The first kappa shape index (κ1) is 36.6. The molecule has 1 amide bonds. The number of carboxylic acids is 1. The average Bonchev–Trinajstić information content (AvgIpc) is 2.89. The molecule has 0 unspecified atom stereocenters. The second-order valence-corrected chi connectivity index (χ2v) is 10.2. The summed E-state index contributed by atoms with van der Waals surface area (Å²) >= 11 is 0. The van der Waals surface area contributed by atoms with Gasteiger partial charge in [-0.15, -0.1) is 0 Å². The Morgan fingerprint density at radius 1 is 0.763 bits per heavy atom. The second-order valence-electron chi connectivity index (χ2n) is 10.2. The normalized spacial score (nSPS) is 12.1. The molecule has 0 aromatic heterocycles. The van der Waals surface area contributed by atoms with Crippen molar-refractivity contribution in [3.8, 4) is 0 Å². The first-order valence-electron chi connectivity index (χ1n) is 14.8. The number of aliphatic carboxylic acids is 1. The number of carbonyl (C=O) groups is 2. The molecule has 0 radical (unpaired) electrons. The van der Waals surface area contributed by atoms with Gasteiger partial charge in [0.05, 0.1) is 0 Å². The number of aliphatic imine (C=N–C) groups is 1. The van der Waals surface area contributed by atoms with Gasteiger partial charge in [0, 0.05) is 13.0 Å². The summed E-state index contributed by atoms with van der Waals surface area (Å²) in [7, 11) is 0. The molecule has 2 N–H and O–H groups in total. The SMILES string of the molecule is CCCCCCCCCCCCCCCCCCC([O-])=N[C@H](C(=O)NCCCC(=O)O)c1ccccc1.[Na+]. The molecule has 1 aromatic carbocycles. The van der Waals surface area contributed by atoms with Crippen LogP contribution in [0.25, 0.3) is 0 Å². The van der Waals surface area contributed by atoms with Crippen LogP contribution in [-0.4, -0.2) is 29.4 Å². The number of hydrogen-bond acceptors (Lipinski definition) is 4. The van der Waals surface area contributed by atoms with Gasteiger partial charge in [0.15, 0.2) is 6.04 Å². The van der Waals surface area contributed by atoms with Crippen LogP contribution in [0.4, 0.5) is 0 Å². The molecule has 0 heterocycles. The number of unbranched alkanes of at least 4 members (excludes halogenated alkanes) is 15. The smallest absolute Gasteiger partial charge is 0.862 e. The first-order chi connectivity index (χ1) is 18.0. The molecule has 0 saturated carbocycles. The number of carboxylic acid groups (broad SMARTS) is 1. The molecule has 7 heteroatoms. The van der Waals surface area contributed by atoms with E-state index in [0.717, 1.165) is 19.3 Å². The number of benzene rings is 1. The molecule has 1 rings (SSSR count). The van der Waals surface area contributed by atoms with Crippen LogP contribution in [0.1, 0.15) is 141 Å². The van der Waals surface area contributed by atoms with Gasteiger partial charge < -0.3 is 15.5 Å². The van der Waals surface area contributed by atoms with Crippen molar-refractivity contribution in [2.24, 2.45) is 4.99 Å². The third-order valence-corrected chi connectivity index (χ3v) is 6.75. The van der Waals surface area contributed by atoms with E-state index in [1.165, 1.54) is 83.5 Å². The molecule has 0 spiro atoms. The van der Waals surface area contributed by atoms with E-state index >= 15 is 0 Å². The van der Waals surface area contributed by atoms with Crippen molar-refractivity contribution in [2.45, 2.75) is 135 Å². The maximum absolute atomic E-state index is 12.6. The van der Waals surface area contributed by atoms with E-state index in [0.29, 0.717) is 18.4 Å². The Morgan fingerprint density at radius 3 is 1.71 bits per heavy atom. The quantitative estimate of drug-likeness (QED) is 0.0895. The van der Waals surface area contributed by atoms with E-state index in [1.807, 2.05) is 18.2 Å². The number of hydrogen-bond donors (Lipinski definition) is 2. The summed E-state index contributed by atoms with van der Waals surface area (Å²) in [6.07, 6.45) is 21.2. The molecule has 0 aliphatic rings. The van der Waals surface area contributed by atoms with Gasteiger partial charge in [-0.3, -0.25) is 14.6 Å². The topological polar surface area (TPSA) is 102 Å². The third kappa shape index (κ3) is 20.6. The minimum absolute atomic E-state index is 0. The van der Waals surface area contributed by atoms with Crippen LogP contribution in [-0.2, 0) is 9.59 Å². The summed E-state index contributed by atoms with van der Waals surface area (Å²) in [6.45, 7) is 2.51. The molecule has 6 nitrogen and oxygen atoms in total. The van der Waals surface area contributed by atoms with Gasteiger partial charge in [0.25, 0.3) is 0 Å². The summed E-state index contributed by atoms with van der Waals surface area (Å²) in [4.78, 5) is 27.5. The molecule has 0 aliphatic heterocycles. The minimum atomic E-state index is -0.896. The molecule has 210 valence electrons. The van der Waals surface area contributed by atoms with E-state index in [1.54, 1.807) is 12.1 Å². The molecular weight excluding hydrogens is 487 g/mol. The predicted molar refractivity (Wildman–Crippen MR) is 151 cm³/mol. The average molecular weight is 539 g/mol. The van der Waals surface area contributed by atoms with Crippen LogP contribution >= 0.6 is 0 Å². The summed E-state index contributed by atoms with van der Waals surface area (Å²) in [6, 6.07) is 8.16. The molecule has 0 fully saturated rings. The van der Waals surface area contributed by atoms with Crippen molar-refractivity contribution in [3.63, 3.8) is 0 Å². The number of carbonyl (C=O) groups excluding carboxylic acids is 1. The van der Waals surface area contributed by atoms with Crippen molar-refractivity contribution in [2.75, 3.05) is 6.54 Å². The van der Waals surface area contributed by atoms with Gasteiger partial charge in [0.1, 0.15) is 0 Å². The molecule has 0 saturated heterocycles. The van der Waals surface area contributed by atoms with Crippen molar-refractivity contribution in [1.82, 2.24) is 5.32 Å². The van der Waals surface area contributed by atoms with Gasteiger partial charge in [-0.2, -0.15) is 0 Å². The predicted octanol–water partition coefficient (Wildman–Crippen LogP) is 4.12. The number of nitrogens with one attached hydrogen (secondary N) is 1. The summed E-state index contributed by atoms with van der Waals surface area (Å²) in [5.74, 6) is -1.51. The van der Waals surface area contributed by atoms with E-state index in [4.69, 9.17) is 5.11 Å².